The fourth-order valence-corrected chi connectivity index (χ4v) is 8.07. The fourth-order valence-electron chi connectivity index (χ4n) is 8.07. The van der Waals surface area contributed by atoms with Crippen molar-refractivity contribution < 1.29 is 9.59 Å². The van der Waals surface area contributed by atoms with Crippen LogP contribution < -0.4 is 0 Å². The van der Waals surface area contributed by atoms with Crippen LogP contribution in [-0.2, 0) is 9.59 Å². The number of nitrogens with zero attached hydrogens (tertiary/aromatic N) is 2. The van der Waals surface area contributed by atoms with Crippen LogP contribution in [0.25, 0.3) is 0 Å². The number of hydrogen-bond acceptors (Lipinski definition) is 4. The molecule has 0 unspecified atom stereocenters. The van der Waals surface area contributed by atoms with Crippen molar-refractivity contribution in [1.29, 1.82) is 0 Å². The van der Waals surface area contributed by atoms with Crippen molar-refractivity contribution in [3.63, 3.8) is 0 Å². The van der Waals surface area contributed by atoms with Crippen molar-refractivity contribution >= 4 is 11.6 Å². The summed E-state index contributed by atoms with van der Waals surface area (Å²) in [6, 6.07) is 0. The summed E-state index contributed by atoms with van der Waals surface area (Å²) in [7, 11) is 2.21. The van der Waals surface area contributed by atoms with E-state index < -0.39 is 0 Å². The highest BCUT2D eigenvalue weighted by molar-refractivity contribution is 5.92. The van der Waals surface area contributed by atoms with E-state index in [2.05, 4.69) is 36.8 Å². The van der Waals surface area contributed by atoms with Crippen LogP contribution in [0.1, 0.15) is 58.8 Å². The zero-order chi connectivity index (χ0) is 20.4. The maximum atomic E-state index is 12.8. The molecule has 1 heterocycles. The van der Waals surface area contributed by atoms with Crippen LogP contribution in [0.2, 0.25) is 0 Å². The molecule has 0 bridgehead atoms. The summed E-state index contributed by atoms with van der Waals surface area (Å²) in [6.07, 6.45) is 9.13. The molecule has 5 aliphatic rings. The minimum Gasteiger partial charge on any atom is -0.304 e. The molecule has 5 rings (SSSR count). The number of ketones is 2. The van der Waals surface area contributed by atoms with Gasteiger partial charge in [-0.15, -0.1) is 0 Å². The minimum atomic E-state index is -0.0678. The first-order valence-corrected chi connectivity index (χ1v) is 12.0. The number of hydrogen-bond donors (Lipinski definition) is 0. The van der Waals surface area contributed by atoms with E-state index in [0.717, 1.165) is 58.4 Å². The van der Waals surface area contributed by atoms with Gasteiger partial charge in [-0.1, -0.05) is 19.4 Å². The largest absolute Gasteiger partial charge is 0.304 e. The second kappa shape index (κ2) is 7.02. The molecule has 4 fully saturated rings. The highest BCUT2D eigenvalue weighted by Crippen LogP contribution is 2.65. The van der Waals surface area contributed by atoms with Crippen molar-refractivity contribution in [3.8, 4) is 0 Å². The molecule has 0 radical (unpaired) electrons. The highest BCUT2D eigenvalue weighted by atomic mass is 16.1. The van der Waals surface area contributed by atoms with Crippen molar-refractivity contribution in [1.82, 2.24) is 9.80 Å². The Morgan fingerprint density at radius 2 is 1.69 bits per heavy atom. The Kier molecular flexibility index (Phi) is 4.82. The van der Waals surface area contributed by atoms with Crippen LogP contribution in [0.15, 0.2) is 11.6 Å². The van der Waals surface area contributed by atoms with Gasteiger partial charge in [-0.25, -0.2) is 0 Å². The number of rotatable bonds is 2. The molecule has 160 valence electrons. The number of carbonyl (C=O) groups excluding carboxylic acids is 2. The van der Waals surface area contributed by atoms with Crippen molar-refractivity contribution in [2.75, 3.05) is 39.8 Å². The number of Topliss-reactive ketones (excluding diaryl/α,β-unsaturated/α-hetero) is 1. The lowest BCUT2D eigenvalue weighted by Crippen LogP contribution is -2.55. The molecular weight excluding hydrogens is 360 g/mol. The van der Waals surface area contributed by atoms with Gasteiger partial charge < -0.3 is 9.80 Å². The molecule has 0 aromatic carbocycles. The van der Waals surface area contributed by atoms with E-state index in [1.165, 1.54) is 18.4 Å². The Morgan fingerprint density at radius 3 is 2.45 bits per heavy atom. The Hall–Kier alpha value is -1.00. The Morgan fingerprint density at radius 1 is 0.966 bits per heavy atom. The van der Waals surface area contributed by atoms with Gasteiger partial charge in [0.1, 0.15) is 5.78 Å². The van der Waals surface area contributed by atoms with Gasteiger partial charge in [0.25, 0.3) is 0 Å². The normalized spacial score (nSPS) is 46.1. The summed E-state index contributed by atoms with van der Waals surface area (Å²) < 4.78 is 0. The van der Waals surface area contributed by atoms with Gasteiger partial charge in [0.05, 0.1) is 0 Å². The molecule has 4 nitrogen and oxygen atoms in total. The van der Waals surface area contributed by atoms with E-state index in [1.807, 2.05) is 0 Å². The maximum Gasteiger partial charge on any atom is 0.155 e. The van der Waals surface area contributed by atoms with Crippen LogP contribution in [-0.4, -0.2) is 61.1 Å². The summed E-state index contributed by atoms with van der Waals surface area (Å²) in [5, 5.41) is 0. The summed E-state index contributed by atoms with van der Waals surface area (Å²) >= 11 is 0. The Balaban J connectivity index is 1.46. The van der Waals surface area contributed by atoms with E-state index >= 15 is 0 Å². The average molecular weight is 399 g/mol. The van der Waals surface area contributed by atoms with Crippen LogP contribution in [0, 0.1) is 34.5 Å². The molecule has 3 saturated carbocycles. The molecule has 0 aromatic heterocycles. The molecule has 0 amide bonds. The summed E-state index contributed by atoms with van der Waals surface area (Å²) in [5.74, 6) is 3.26. The zero-order valence-electron chi connectivity index (χ0n) is 18.6. The first kappa shape index (κ1) is 19.9. The molecule has 0 spiro atoms. The monoisotopic (exact) mass is 398 g/mol. The lowest BCUT2D eigenvalue weighted by Gasteiger charge is -2.59. The topological polar surface area (TPSA) is 40.6 Å². The van der Waals surface area contributed by atoms with Crippen molar-refractivity contribution in [3.05, 3.63) is 11.6 Å². The SMILES string of the molecule is CN1CCN(C[C@H]2C[C@@H]3[C@H](CC[C@]4(C)C(=O)CC[C@@H]34)[C@@]3(C)CCC(=O)C=C23)CC1. The minimum absolute atomic E-state index is 0.0678. The first-order valence-electron chi connectivity index (χ1n) is 12.0. The van der Waals surface area contributed by atoms with Crippen LogP contribution >= 0.6 is 0 Å². The van der Waals surface area contributed by atoms with Gasteiger partial charge >= 0.3 is 0 Å². The number of carbonyl (C=O) groups is 2. The molecular formula is C25H38N2O2. The standard InChI is InChI=1S/C25H38N2O2/c1-24-8-6-18(28)15-22(24)17(16-27-12-10-26(3)11-13-27)14-19-20-4-5-23(29)25(20,2)9-7-21(19)24/h15,17,19-21H,4-14,16H2,1-3H3/t17-,19+,20+,21+,24-,25+/m1/s1. The summed E-state index contributed by atoms with van der Waals surface area (Å²) in [4.78, 5) is 30.3. The van der Waals surface area contributed by atoms with Crippen LogP contribution in [0.3, 0.4) is 0 Å². The predicted molar refractivity (Wildman–Crippen MR) is 115 cm³/mol. The molecule has 4 aliphatic carbocycles. The summed E-state index contributed by atoms with van der Waals surface area (Å²) in [6.45, 7) is 10.4. The maximum absolute atomic E-state index is 12.8. The van der Waals surface area contributed by atoms with Crippen molar-refractivity contribution in [2.24, 2.45) is 34.5 Å². The van der Waals surface area contributed by atoms with E-state index in [1.54, 1.807) is 0 Å². The van der Waals surface area contributed by atoms with Gasteiger partial charge in [-0.3, -0.25) is 9.59 Å². The van der Waals surface area contributed by atoms with E-state index in [4.69, 9.17) is 0 Å². The third-order valence-corrected chi connectivity index (χ3v) is 9.90. The third kappa shape index (κ3) is 3.08. The summed E-state index contributed by atoms with van der Waals surface area (Å²) in [5.41, 5.74) is 1.57. The average Bonchev–Trinajstić information content (AvgIpc) is 3.00. The van der Waals surface area contributed by atoms with Gasteiger partial charge in [-0.2, -0.15) is 0 Å². The molecule has 0 aromatic rings. The Bertz CT molecular complexity index is 737. The fraction of sp³-hybridized carbons (Fsp3) is 0.840. The van der Waals surface area contributed by atoms with Gasteiger partial charge in [0, 0.05) is 51.0 Å². The molecule has 29 heavy (non-hydrogen) atoms. The van der Waals surface area contributed by atoms with Crippen molar-refractivity contribution in [2.45, 2.75) is 58.8 Å². The molecule has 1 saturated heterocycles. The highest BCUT2D eigenvalue weighted by Gasteiger charge is 2.60. The molecule has 1 aliphatic heterocycles. The van der Waals surface area contributed by atoms with Gasteiger partial charge in [-0.05, 0) is 74.3 Å². The number of piperazine rings is 1. The second-order valence-electron chi connectivity index (χ2n) is 11.3. The van der Waals surface area contributed by atoms with Gasteiger partial charge in [0.15, 0.2) is 5.78 Å². The van der Waals surface area contributed by atoms with Gasteiger partial charge in [0.2, 0.25) is 0 Å². The molecule has 4 heteroatoms. The van der Waals surface area contributed by atoms with Crippen LogP contribution in [0.5, 0.6) is 0 Å². The van der Waals surface area contributed by atoms with E-state index in [-0.39, 0.29) is 10.8 Å². The number of likely N-dealkylation sites (N-methyl/N-ethyl adjacent to an activating group) is 1. The number of fused-ring (bicyclic) bond motifs is 5. The first-order chi connectivity index (χ1) is 13.8. The smallest absolute Gasteiger partial charge is 0.155 e. The second-order valence-corrected chi connectivity index (χ2v) is 11.3. The van der Waals surface area contributed by atoms with E-state index in [0.29, 0.717) is 41.7 Å². The quantitative estimate of drug-likeness (QED) is 0.713. The van der Waals surface area contributed by atoms with E-state index in [9.17, 15) is 9.59 Å². The zero-order valence-corrected chi connectivity index (χ0v) is 18.6. The lowest BCUT2D eigenvalue weighted by molar-refractivity contribution is -0.133. The van der Waals surface area contributed by atoms with Crippen LogP contribution in [0.4, 0.5) is 0 Å². The molecule has 6 atom stereocenters. The third-order valence-electron chi connectivity index (χ3n) is 9.90. The lowest BCUT2D eigenvalue weighted by atomic mass is 9.45. The molecule has 0 N–H and O–H groups in total. The predicted octanol–water partition coefficient (Wildman–Crippen LogP) is 3.56. The Labute approximate surface area is 176 Å².